The fraction of sp³-hybridized carbons (Fsp3) is 0.533. The van der Waals surface area contributed by atoms with Crippen molar-refractivity contribution in [2.24, 2.45) is 11.8 Å². The Labute approximate surface area is 134 Å². The molecule has 1 saturated heterocycles. The second kappa shape index (κ2) is 6.49. The third-order valence-electron chi connectivity index (χ3n) is 3.39. The zero-order valence-corrected chi connectivity index (χ0v) is 13.5. The Balaban J connectivity index is 1.96. The molecule has 7 nitrogen and oxygen atoms in total. The average Bonchev–Trinajstić information content (AvgIpc) is 2.94. The summed E-state index contributed by atoms with van der Waals surface area (Å²) in [6.07, 6.45) is 1.04. The number of hydrogen-bond donors (Lipinski definition) is 1. The number of amides is 2. The summed E-state index contributed by atoms with van der Waals surface area (Å²) in [5, 5.41) is 0.892. The van der Waals surface area contributed by atoms with Crippen LogP contribution in [0.25, 0.3) is 0 Å². The predicted molar refractivity (Wildman–Crippen MR) is 81.8 cm³/mol. The highest BCUT2D eigenvalue weighted by Crippen LogP contribution is 2.22. The van der Waals surface area contributed by atoms with Crippen molar-refractivity contribution in [1.29, 1.82) is 0 Å². The van der Waals surface area contributed by atoms with Gasteiger partial charge in [0, 0.05) is 13.1 Å². The monoisotopic (exact) mass is 324 g/mol. The molecule has 0 aromatic carbocycles. The van der Waals surface area contributed by atoms with E-state index in [0.29, 0.717) is 13.0 Å². The van der Waals surface area contributed by atoms with Crippen LogP contribution in [0.5, 0.6) is 0 Å². The molecule has 0 unspecified atom stereocenters. The fourth-order valence-corrected chi connectivity index (χ4v) is 2.27. The molecule has 0 spiro atoms. The van der Waals surface area contributed by atoms with E-state index in [1.54, 1.807) is 20.8 Å². The van der Waals surface area contributed by atoms with Gasteiger partial charge in [-0.3, -0.25) is 4.79 Å². The summed E-state index contributed by atoms with van der Waals surface area (Å²) in [6.45, 7) is 6.01. The maximum atomic E-state index is 12.9. The second-order valence-electron chi connectivity index (χ2n) is 6.45. The summed E-state index contributed by atoms with van der Waals surface area (Å²) in [5.41, 5.74) is -0.586. The Morgan fingerprint density at radius 1 is 1.43 bits per heavy atom. The Bertz CT molecular complexity index is 585. The predicted octanol–water partition coefficient (Wildman–Crippen LogP) is 1.68. The lowest BCUT2D eigenvalue weighted by Gasteiger charge is -2.24. The summed E-state index contributed by atoms with van der Waals surface area (Å²) < 4.78 is 18.1. The van der Waals surface area contributed by atoms with Gasteiger partial charge in [0.05, 0.1) is 12.1 Å². The van der Waals surface area contributed by atoms with E-state index in [9.17, 15) is 14.0 Å². The number of ether oxygens (including phenoxy) is 1. The molecule has 126 valence electrons. The van der Waals surface area contributed by atoms with Crippen molar-refractivity contribution < 1.29 is 18.7 Å². The van der Waals surface area contributed by atoms with Gasteiger partial charge in [-0.25, -0.2) is 25.0 Å². The van der Waals surface area contributed by atoms with Gasteiger partial charge < -0.3 is 9.64 Å². The first kappa shape index (κ1) is 17.1. The molecule has 1 atom stereocenters. The number of nitrogens with two attached hydrogens (primary N) is 1. The Hall–Kier alpha value is -2.22. The molecule has 2 rings (SSSR count). The lowest BCUT2D eigenvalue weighted by atomic mass is 10.1. The van der Waals surface area contributed by atoms with E-state index in [1.807, 2.05) is 0 Å². The van der Waals surface area contributed by atoms with Gasteiger partial charge in [-0.2, -0.15) is 0 Å². The molecule has 2 amide bonds. The highest BCUT2D eigenvalue weighted by molar-refractivity contribution is 5.93. The molecule has 8 heteroatoms. The van der Waals surface area contributed by atoms with Gasteiger partial charge in [0.25, 0.3) is 0 Å². The minimum Gasteiger partial charge on any atom is -0.444 e. The smallest absolute Gasteiger partial charge is 0.410 e. The number of anilines is 1. The molecule has 1 aromatic rings. The molecule has 2 N–H and O–H groups in total. The molecule has 2 heterocycles. The van der Waals surface area contributed by atoms with E-state index < -0.39 is 23.4 Å². The summed E-state index contributed by atoms with van der Waals surface area (Å²) in [6, 6.07) is 2.50. The second-order valence-corrected chi connectivity index (χ2v) is 6.45. The topological polar surface area (TPSA) is 88.8 Å². The van der Waals surface area contributed by atoms with Gasteiger partial charge in [-0.15, -0.1) is 0 Å². The Morgan fingerprint density at radius 2 is 2.13 bits per heavy atom. The molecule has 0 saturated carbocycles. The van der Waals surface area contributed by atoms with E-state index >= 15 is 0 Å². The first-order valence-electron chi connectivity index (χ1n) is 7.35. The fourth-order valence-electron chi connectivity index (χ4n) is 2.27. The number of pyridine rings is 1. The van der Waals surface area contributed by atoms with Gasteiger partial charge in [0.1, 0.15) is 17.2 Å². The first-order valence-corrected chi connectivity index (χ1v) is 7.35. The van der Waals surface area contributed by atoms with Crippen molar-refractivity contribution in [3.63, 3.8) is 0 Å². The van der Waals surface area contributed by atoms with E-state index in [2.05, 4.69) is 4.98 Å². The van der Waals surface area contributed by atoms with Crippen LogP contribution in [0.2, 0.25) is 0 Å². The van der Waals surface area contributed by atoms with Crippen LogP contribution in [-0.2, 0) is 9.53 Å². The zero-order valence-electron chi connectivity index (χ0n) is 13.5. The van der Waals surface area contributed by atoms with Crippen LogP contribution in [-0.4, -0.2) is 40.6 Å². The number of carbonyl (C=O) groups is 2. The van der Waals surface area contributed by atoms with Crippen LogP contribution in [0.15, 0.2) is 18.3 Å². The molecule has 0 bridgehead atoms. The van der Waals surface area contributed by atoms with Crippen molar-refractivity contribution >= 4 is 17.8 Å². The largest absolute Gasteiger partial charge is 0.444 e. The Morgan fingerprint density at radius 3 is 2.70 bits per heavy atom. The number of halogens is 1. The van der Waals surface area contributed by atoms with Crippen molar-refractivity contribution in [2.75, 3.05) is 18.1 Å². The molecule has 1 fully saturated rings. The van der Waals surface area contributed by atoms with Gasteiger partial charge >= 0.3 is 6.09 Å². The van der Waals surface area contributed by atoms with Gasteiger partial charge in [0.2, 0.25) is 5.91 Å². The van der Waals surface area contributed by atoms with Crippen LogP contribution in [0.4, 0.5) is 15.0 Å². The molecule has 1 aliphatic rings. The molecular weight excluding hydrogens is 303 g/mol. The van der Waals surface area contributed by atoms with Crippen LogP contribution < -0.4 is 10.9 Å². The van der Waals surface area contributed by atoms with Crippen molar-refractivity contribution in [3.8, 4) is 0 Å². The summed E-state index contributed by atoms with van der Waals surface area (Å²) in [4.78, 5) is 29.6. The van der Waals surface area contributed by atoms with E-state index in [1.165, 1.54) is 17.0 Å². The summed E-state index contributed by atoms with van der Waals surface area (Å²) in [5.74, 6) is 4.61. The quantitative estimate of drug-likeness (QED) is 0.508. The highest BCUT2D eigenvalue weighted by atomic mass is 19.1. The number of aromatic nitrogens is 1. The number of nitrogens with zero attached hydrogens (tertiary/aromatic N) is 3. The SMILES string of the molecule is CC(C)(C)OC(=O)N1CC[C@@H](C(=O)N(N)c2ccc(F)cn2)C1. The van der Waals surface area contributed by atoms with Gasteiger partial charge in [-0.1, -0.05) is 0 Å². The molecular formula is C15H21FN4O3. The molecule has 0 aliphatic carbocycles. The summed E-state index contributed by atoms with van der Waals surface area (Å²) >= 11 is 0. The zero-order chi connectivity index (χ0) is 17.2. The third kappa shape index (κ3) is 4.38. The van der Waals surface area contributed by atoms with E-state index in [-0.39, 0.29) is 18.3 Å². The number of carbonyl (C=O) groups excluding carboxylic acids is 2. The maximum absolute atomic E-state index is 12.9. The molecule has 23 heavy (non-hydrogen) atoms. The third-order valence-corrected chi connectivity index (χ3v) is 3.39. The van der Waals surface area contributed by atoms with Crippen LogP contribution in [0.3, 0.4) is 0 Å². The minimum atomic E-state index is -0.586. The normalized spacial score (nSPS) is 18.0. The van der Waals surface area contributed by atoms with E-state index in [0.717, 1.165) is 11.2 Å². The lowest BCUT2D eigenvalue weighted by molar-refractivity contribution is -0.122. The minimum absolute atomic E-state index is 0.159. The maximum Gasteiger partial charge on any atom is 0.410 e. The summed E-state index contributed by atoms with van der Waals surface area (Å²) in [7, 11) is 0. The van der Waals surface area contributed by atoms with Crippen molar-refractivity contribution in [2.45, 2.75) is 32.8 Å². The molecule has 1 aromatic heterocycles. The number of hydrazine groups is 1. The number of likely N-dealkylation sites (tertiary alicyclic amines) is 1. The van der Waals surface area contributed by atoms with Crippen LogP contribution in [0, 0.1) is 11.7 Å². The first-order chi connectivity index (χ1) is 10.7. The number of hydrogen-bond acceptors (Lipinski definition) is 5. The van der Waals surface area contributed by atoms with Crippen molar-refractivity contribution in [3.05, 3.63) is 24.1 Å². The standard InChI is InChI=1S/C15H21FN4O3/c1-15(2,3)23-14(22)19-7-6-10(9-19)13(21)20(17)12-5-4-11(16)8-18-12/h4-5,8,10H,6-7,9,17H2,1-3H3/t10-/m1/s1. The average molecular weight is 324 g/mol. The van der Waals surface area contributed by atoms with Crippen molar-refractivity contribution in [1.82, 2.24) is 9.88 Å². The number of rotatable bonds is 2. The lowest BCUT2D eigenvalue weighted by Crippen LogP contribution is -2.43. The highest BCUT2D eigenvalue weighted by Gasteiger charge is 2.35. The molecule has 1 aliphatic heterocycles. The van der Waals surface area contributed by atoms with E-state index in [4.69, 9.17) is 10.6 Å². The van der Waals surface area contributed by atoms with Crippen LogP contribution >= 0.6 is 0 Å². The van der Waals surface area contributed by atoms with Gasteiger partial charge in [-0.05, 0) is 39.3 Å². The van der Waals surface area contributed by atoms with Crippen LogP contribution in [0.1, 0.15) is 27.2 Å². The molecule has 0 radical (unpaired) electrons. The Kier molecular flexibility index (Phi) is 4.84. The van der Waals surface area contributed by atoms with Gasteiger partial charge in [0.15, 0.2) is 0 Å².